The highest BCUT2D eigenvalue weighted by molar-refractivity contribution is 7.89. The fourth-order valence-electron chi connectivity index (χ4n) is 7.04. The molecule has 5 aromatic rings. The normalized spacial score (nSPS) is 17.5. The number of sulfonamides is 1. The topological polar surface area (TPSA) is 110 Å². The molecule has 51 heavy (non-hydrogen) atoms. The molecule has 0 spiro atoms. The zero-order valence-corrected chi connectivity index (χ0v) is 30.0. The van der Waals surface area contributed by atoms with Gasteiger partial charge in [0.2, 0.25) is 15.9 Å². The highest BCUT2D eigenvalue weighted by atomic mass is 32.2. The number of rotatable bonds is 9. The van der Waals surface area contributed by atoms with Gasteiger partial charge < -0.3 is 5.32 Å². The molecule has 0 aliphatic carbocycles. The maximum atomic E-state index is 14.2. The van der Waals surface area contributed by atoms with Gasteiger partial charge in [-0.2, -0.15) is 17.5 Å². The van der Waals surface area contributed by atoms with E-state index in [9.17, 15) is 26.4 Å². The van der Waals surface area contributed by atoms with Crippen LogP contribution in [0.1, 0.15) is 72.1 Å². The van der Waals surface area contributed by atoms with Crippen molar-refractivity contribution < 1.29 is 26.4 Å². The molecule has 6 rings (SSSR count). The Hall–Kier alpha value is -4.62. The molecule has 0 saturated heterocycles. The molecule has 3 atom stereocenters. The highest BCUT2D eigenvalue weighted by Crippen LogP contribution is 2.39. The van der Waals surface area contributed by atoms with Crippen LogP contribution in [-0.2, 0) is 40.5 Å². The second kappa shape index (κ2) is 14.2. The van der Waals surface area contributed by atoms with Gasteiger partial charge in [0, 0.05) is 37.7 Å². The quantitative estimate of drug-likeness (QED) is 0.168. The summed E-state index contributed by atoms with van der Waals surface area (Å²) < 4.78 is 72.7. The summed E-state index contributed by atoms with van der Waals surface area (Å²) in [5.74, 6) is -1.39. The van der Waals surface area contributed by atoms with E-state index in [4.69, 9.17) is 0 Å². The van der Waals surface area contributed by atoms with Crippen molar-refractivity contribution in [3.8, 4) is 0 Å². The largest absolute Gasteiger partial charge is 0.416 e. The van der Waals surface area contributed by atoms with E-state index in [1.807, 2.05) is 69.6 Å². The van der Waals surface area contributed by atoms with E-state index in [2.05, 4.69) is 20.6 Å². The molecule has 3 heterocycles. The predicted octanol–water partition coefficient (Wildman–Crippen LogP) is 7.66. The smallest absolute Gasteiger partial charge is 0.324 e. The number of nitrogens with zero attached hydrogens (tertiary/aromatic N) is 5. The molecule has 1 N–H and O–H groups in total. The number of carbonyl (C=O) groups excluding carboxylic acids is 1. The SMILES string of the molecule is CC[C@H]1Cc2ccc(C(F)(F)F)cc2S(=O)(=O)N(Cc2cc(C(c3ccc4c(nnn4CC)c3C)C(C)C(=O)Nc3cccnc3)ccc2C)C1. The third-order valence-corrected chi connectivity index (χ3v) is 12.0. The molecule has 13 heteroatoms. The van der Waals surface area contributed by atoms with Crippen molar-refractivity contribution in [2.75, 3.05) is 11.9 Å². The van der Waals surface area contributed by atoms with E-state index < -0.39 is 33.6 Å². The average Bonchev–Trinajstić information content (AvgIpc) is 3.49. The second-order valence-corrected chi connectivity index (χ2v) is 15.2. The number of halogens is 3. The zero-order chi connectivity index (χ0) is 36.7. The van der Waals surface area contributed by atoms with Gasteiger partial charge in [-0.25, -0.2) is 13.1 Å². The summed E-state index contributed by atoms with van der Waals surface area (Å²) in [4.78, 5) is 17.7. The van der Waals surface area contributed by atoms with Crippen molar-refractivity contribution in [2.45, 2.75) is 77.5 Å². The molecule has 1 amide bonds. The first kappa shape index (κ1) is 36.2. The van der Waals surface area contributed by atoms with Gasteiger partial charge in [-0.05, 0) is 96.8 Å². The number of carbonyl (C=O) groups is 1. The van der Waals surface area contributed by atoms with Crippen LogP contribution in [0.25, 0.3) is 11.0 Å². The number of amides is 1. The summed E-state index contributed by atoms with van der Waals surface area (Å²) in [6.45, 7) is 10.4. The number of aromatic nitrogens is 4. The van der Waals surface area contributed by atoms with Crippen molar-refractivity contribution in [1.29, 1.82) is 0 Å². The Morgan fingerprint density at radius 2 is 1.84 bits per heavy atom. The third kappa shape index (κ3) is 7.14. The van der Waals surface area contributed by atoms with Crippen molar-refractivity contribution in [3.05, 3.63) is 112 Å². The summed E-state index contributed by atoms with van der Waals surface area (Å²) in [5.41, 5.74) is 5.60. The Balaban J connectivity index is 1.43. The number of pyridine rings is 1. The van der Waals surface area contributed by atoms with Crippen molar-refractivity contribution in [1.82, 2.24) is 24.3 Å². The van der Waals surface area contributed by atoms with Gasteiger partial charge in [0.15, 0.2) is 0 Å². The number of hydrogen-bond acceptors (Lipinski definition) is 6. The predicted molar refractivity (Wildman–Crippen MR) is 190 cm³/mol. The molecule has 3 aromatic carbocycles. The van der Waals surface area contributed by atoms with E-state index in [1.165, 1.54) is 10.4 Å². The Bertz CT molecular complexity index is 2190. The lowest BCUT2D eigenvalue weighted by molar-refractivity contribution is -0.137. The number of benzene rings is 3. The van der Waals surface area contributed by atoms with Crippen molar-refractivity contribution in [2.24, 2.45) is 11.8 Å². The van der Waals surface area contributed by atoms with Gasteiger partial charge in [0.25, 0.3) is 0 Å². The maximum absolute atomic E-state index is 14.2. The van der Waals surface area contributed by atoms with Gasteiger partial charge in [-0.15, -0.1) is 5.10 Å². The van der Waals surface area contributed by atoms with Crippen LogP contribution < -0.4 is 5.32 Å². The minimum Gasteiger partial charge on any atom is -0.324 e. The number of hydrogen-bond donors (Lipinski definition) is 1. The number of anilines is 1. The number of aryl methyl sites for hydroxylation is 3. The van der Waals surface area contributed by atoms with Crippen LogP contribution in [0.15, 0.2) is 78.0 Å². The lowest BCUT2D eigenvalue weighted by Crippen LogP contribution is -2.34. The lowest BCUT2D eigenvalue weighted by atomic mass is 9.78. The summed E-state index contributed by atoms with van der Waals surface area (Å²) in [7, 11) is -4.30. The van der Waals surface area contributed by atoms with E-state index in [0.717, 1.165) is 45.4 Å². The molecule has 2 unspecified atom stereocenters. The van der Waals surface area contributed by atoms with Crippen LogP contribution in [0.3, 0.4) is 0 Å². The first-order valence-corrected chi connectivity index (χ1v) is 18.5. The van der Waals surface area contributed by atoms with Gasteiger partial charge in [0.05, 0.1) is 27.9 Å². The minimum atomic E-state index is -4.68. The molecular formula is C38H41F3N6O3S. The Labute approximate surface area is 295 Å². The molecule has 9 nitrogen and oxygen atoms in total. The number of fused-ring (bicyclic) bond motifs is 2. The van der Waals surface area contributed by atoms with Gasteiger partial charge >= 0.3 is 6.18 Å². The number of alkyl halides is 3. The Morgan fingerprint density at radius 1 is 1.06 bits per heavy atom. The lowest BCUT2D eigenvalue weighted by Gasteiger charge is -2.28. The second-order valence-electron chi connectivity index (χ2n) is 13.3. The monoisotopic (exact) mass is 718 g/mol. The molecule has 1 aliphatic heterocycles. The van der Waals surface area contributed by atoms with E-state index >= 15 is 0 Å². The van der Waals surface area contributed by atoms with Crippen LogP contribution in [-0.4, -0.2) is 45.2 Å². The van der Waals surface area contributed by atoms with Gasteiger partial charge in [-0.1, -0.05) is 55.8 Å². The summed E-state index contributed by atoms with van der Waals surface area (Å²) >= 11 is 0. The molecule has 0 radical (unpaired) electrons. The molecule has 0 bridgehead atoms. The zero-order valence-electron chi connectivity index (χ0n) is 29.2. The fourth-order valence-corrected chi connectivity index (χ4v) is 8.80. The highest BCUT2D eigenvalue weighted by Gasteiger charge is 2.38. The third-order valence-electron chi connectivity index (χ3n) is 10.1. The summed E-state index contributed by atoms with van der Waals surface area (Å²) in [5, 5.41) is 11.7. The van der Waals surface area contributed by atoms with Crippen LogP contribution in [0.4, 0.5) is 18.9 Å². The fraction of sp³-hybridized carbons (Fsp3) is 0.368. The van der Waals surface area contributed by atoms with Crippen molar-refractivity contribution >= 4 is 32.7 Å². The van der Waals surface area contributed by atoms with Crippen LogP contribution in [0.2, 0.25) is 0 Å². The molecule has 2 aromatic heterocycles. The molecular weight excluding hydrogens is 678 g/mol. The van der Waals surface area contributed by atoms with Crippen LogP contribution in [0, 0.1) is 25.7 Å². The first-order chi connectivity index (χ1) is 24.2. The van der Waals surface area contributed by atoms with E-state index in [0.29, 0.717) is 36.2 Å². The van der Waals surface area contributed by atoms with Gasteiger partial charge in [0.1, 0.15) is 5.52 Å². The minimum absolute atomic E-state index is 0.0416. The Morgan fingerprint density at radius 3 is 2.53 bits per heavy atom. The Kier molecular flexibility index (Phi) is 10.1. The van der Waals surface area contributed by atoms with Gasteiger partial charge in [-0.3, -0.25) is 9.78 Å². The summed E-state index contributed by atoms with van der Waals surface area (Å²) in [6, 6.07) is 16.2. The molecule has 1 aliphatic rings. The molecule has 268 valence electrons. The van der Waals surface area contributed by atoms with Crippen molar-refractivity contribution in [3.63, 3.8) is 0 Å². The average molecular weight is 719 g/mol. The van der Waals surface area contributed by atoms with Crippen LogP contribution >= 0.6 is 0 Å². The van der Waals surface area contributed by atoms with Crippen LogP contribution in [0.5, 0.6) is 0 Å². The standard InChI is InChI=1S/C38H41F3N6O3S/c1-6-26-17-27-12-13-30(38(39,40)41)19-34(27)51(49,50)46(21-26)22-29-18-28(11-10-23(29)3)35(25(5)37(48)43-31-9-8-16-42-20-31)32-14-15-33-36(24(32)4)44-45-47(33)7-2/h8-16,18-20,25-26,35H,6-7,17,21-22H2,1-5H3,(H,43,48)/t25?,26-,35?/m0/s1. The summed E-state index contributed by atoms with van der Waals surface area (Å²) in [6.07, 6.45) is -0.474. The number of nitrogens with one attached hydrogen (secondary N) is 1. The molecule has 0 saturated carbocycles. The molecule has 0 fully saturated rings. The first-order valence-electron chi connectivity index (χ1n) is 17.1. The van der Waals surface area contributed by atoms with E-state index in [1.54, 1.807) is 24.5 Å². The maximum Gasteiger partial charge on any atom is 0.416 e. The van der Waals surface area contributed by atoms with E-state index in [-0.39, 0.29) is 29.8 Å².